The van der Waals surface area contributed by atoms with Crippen LogP contribution in [0.5, 0.6) is 0 Å². The number of urea groups is 1. The number of ether oxygens (including phenoxy) is 1. The van der Waals surface area contributed by atoms with E-state index in [2.05, 4.69) is 15.5 Å². The lowest BCUT2D eigenvalue weighted by Gasteiger charge is -2.36. The van der Waals surface area contributed by atoms with Crippen LogP contribution < -0.4 is 15.5 Å². The molecular formula is C24H29F2N3O4S. The van der Waals surface area contributed by atoms with E-state index in [1.807, 2.05) is 19.1 Å². The smallest absolute Gasteiger partial charge is 0.323 e. The highest BCUT2D eigenvalue weighted by Gasteiger charge is 2.29. The maximum atomic E-state index is 14.0. The fraction of sp³-hybridized carbons (Fsp3) is 0.417. The highest BCUT2D eigenvalue weighted by Crippen LogP contribution is 2.38. The van der Waals surface area contributed by atoms with E-state index >= 15 is 0 Å². The summed E-state index contributed by atoms with van der Waals surface area (Å²) in [5.41, 5.74) is 1.07. The Morgan fingerprint density at radius 3 is 2.41 bits per heavy atom. The molecule has 1 saturated heterocycles. The van der Waals surface area contributed by atoms with Crippen LogP contribution in [0.2, 0.25) is 0 Å². The molecule has 0 radical (unpaired) electrons. The number of amides is 2. The largest absolute Gasteiger partial charge is 0.480 e. The van der Waals surface area contributed by atoms with Crippen LogP contribution in [0.1, 0.15) is 33.6 Å². The fourth-order valence-corrected chi connectivity index (χ4v) is 4.75. The van der Waals surface area contributed by atoms with Crippen molar-refractivity contribution in [3.05, 3.63) is 48.0 Å². The molecule has 0 aromatic heterocycles. The molecule has 0 unspecified atom stereocenters. The number of carbonyl (C=O) groups is 2. The highest BCUT2D eigenvalue weighted by molar-refractivity contribution is 8.01. The molecule has 0 atom stereocenters. The van der Waals surface area contributed by atoms with Crippen LogP contribution in [-0.4, -0.2) is 47.7 Å². The topological polar surface area (TPSA) is 90.9 Å². The highest BCUT2D eigenvalue weighted by atomic mass is 32.2. The Hall–Kier alpha value is -2.85. The second-order valence-electron chi connectivity index (χ2n) is 8.43. The van der Waals surface area contributed by atoms with Crippen molar-refractivity contribution in [2.45, 2.75) is 49.3 Å². The number of nitrogens with zero attached hydrogens (tertiary/aromatic N) is 1. The molecule has 0 aliphatic carbocycles. The van der Waals surface area contributed by atoms with Crippen LogP contribution in [-0.2, 0) is 9.53 Å². The Kier molecular flexibility index (Phi) is 8.37. The van der Waals surface area contributed by atoms with Crippen LogP contribution in [0.15, 0.2) is 41.3 Å². The zero-order valence-electron chi connectivity index (χ0n) is 19.4. The standard InChI is InChI=1S/C24H29F2N3O4S/c1-4-29(16-9-11-33-12-10-16)21-8-6-17(34-24(2,3)22(30)31)14-20(21)28-23(32)27-19-7-5-15(25)13-18(19)26/h5-8,13-14,16H,4,9-12H2,1-3H3,(H,30,31)(H2,27,28,32). The summed E-state index contributed by atoms with van der Waals surface area (Å²) in [7, 11) is 0. The van der Waals surface area contributed by atoms with Gasteiger partial charge in [-0.1, -0.05) is 0 Å². The number of hydrogen-bond acceptors (Lipinski definition) is 5. The first-order chi connectivity index (χ1) is 16.1. The second kappa shape index (κ2) is 11.1. The summed E-state index contributed by atoms with van der Waals surface area (Å²) in [4.78, 5) is 27.2. The van der Waals surface area contributed by atoms with E-state index in [9.17, 15) is 23.5 Å². The molecule has 0 bridgehead atoms. The number of benzene rings is 2. The van der Waals surface area contributed by atoms with Gasteiger partial charge in [-0.05, 0) is 63.9 Å². The van der Waals surface area contributed by atoms with E-state index in [4.69, 9.17) is 4.74 Å². The van der Waals surface area contributed by atoms with Gasteiger partial charge in [0.1, 0.15) is 16.4 Å². The quantitative estimate of drug-likeness (QED) is 0.417. The lowest BCUT2D eigenvalue weighted by molar-refractivity contribution is -0.138. The first-order valence-corrected chi connectivity index (χ1v) is 11.9. The lowest BCUT2D eigenvalue weighted by atomic mass is 10.1. The van der Waals surface area contributed by atoms with Crippen molar-refractivity contribution in [1.82, 2.24) is 0 Å². The van der Waals surface area contributed by atoms with Crippen molar-refractivity contribution in [2.24, 2.45) is 0 Å². The number of carboxylic acid groups (broad SMARTS) is 1. The normalized spacial score (nSPS) is 14.5. The molecule has 2 aromatic rings. The van der Waals surface area contributed by atoms with Gasteiger partial charge in [0.25, 0.3) is 0 Å². The minimum Gasteiger partial charge on any atom is -0.480 e. The molecule has 0 spiro atoms. The van der Waals surface area contributed by atoms with Crippen molar-refractivity contribution in [3.8, 4) is 0 Å². The van der Waals surface area contributed by atoms with Crippen molar-refractivity contribution in [1.29, 1.82) is 0 Å². The first-order valence-electron chi connectivity index (χ1n) is 11.0. The van der Waals surface area contributed by atoms with Gasteiger partial charge in [-0.2, -0.15) is 0 Å². The molecule has 1 fully saturated rings. The average Bonchev–Trinajstić information content (AvgIpc) is 2.78. The minimum absolute atomic E-state index is 0.158. The Balaban J connectivity index is 1.91. The van der Waals surface area contributed by atoms with E-state index in [-0.39, 0.29) is 11.7 Å². The Labute approximate surface area is 201 Å². The zero-order chi connectivity index (χ0) is 24.9. The molecule has 3 rings (SSSR count). The predicted octanol–water partition coefficient (Wildman–Crippen LogP) is 5.57. The molecule has 1 aliphatic rings. The van der Waals surface area contributed by atoms with Gasteiger partial charge >= 0.3 is 12.0 Å². The summed E-state index contributed by atoms with van der Waals surface area (Å²) in [5, 5.41) is 14.7. The van der Waals surface area contributed by atoms with Crippen molar-refractivity contribution in [2.75, 3.05) is 35.3 Å². The van der Waals surface area contributed by atoms with Crippen molar-refractivity contribution >= 4 is 40.8 Å². The molecular weight excluding hydrogens is 464 g/mol. The van der Waals surface area contributed by atoms with E-state index in [0.29, 0.717) is 36.4 Å². The van der Waals surface area contributed by atoms with Gasteiger partial charge in [-0.15, -0.1) is 11.8 Å². The number of aliphatic carboxylic acids is 1. The van der Waals surface area contributed by atoms with Crippen molar-refractivity contribution < 1.29 is 28.2 Å². The minimum atomic E-state index is -1.08. The zero-order valence-corrected chi connectivity index (χ0v) is 20.2. The van der Waals surface area contributed by atoms with Crippen molar-refractivity contribution in [3.63, 3.8) is 0 Å². The summed E-state index contributed by atoms with van der Waals surface area (Å²) >= 11 is 1.16. The Bertz CT molecular complexity index is 1040. The summed E-state index contributed by atoms with van der Waals surface area (Å²) in [6, 6.07) is 7.80. The number of anilines is 3. The van der Waals surface area contributed by atoms with Gasteiger partial charge < -0.3 is 25.4 Å². The maximum absolute atomic E-state index is 14.0. The SMILES string of the molecule is CCN(c1ccc(SC(C)(C)C(=O)O)cc1NC(=O)Nc1ccc(F)cc1F)C1CCOCC1. The average molecular weight is 494 g/mol. The van der Waals surface area contributed by atoms with E-state index in [1.165, 1.54) is 0 Å². The molecule has 3 N–H and O–H groups in total. The third-order valence-electron chi connectivity index (χ3n) is 5.57. The molecule has 2 aromatic carbocycles. The number of carboxylic acids is 1. The molecule has 2 amide bonds. The number of rotatable bonds is 8. The van der Waals surface area contributed by atoms with Gasteiger partial charge in [-0.25, -0.2) is 13.6 Å². The van der Waals surface area contributed by atoms with Crippen LogP contribution in [0.3, 0.4) is 0 Å². The second-order valence-corrected chi connectivity index (χ2v) is 10.1. The number of hydrogen-bond donors (Lipinski definition) is 3. The fourth-order valence-electron chi connectivity index (χ4n) is 3.76. The summed E-state index contributed by atoms with van der Waals surface area (Å²) < 4.78 is 31.6. The van der Waals surface area contributed by atoms with E-state index in [0.717, 1.165) is 42.4 Å². The lowest BCUT2D eigenvalue weighted by Crippen LogP contribution is -2.40. The molecule has 184 valence electrons. The van der Waals surface area contributed by atoms with Crippen LogP contribution in [0, 0.1) is 11.6 Å². The Morgan fingerprint density at radius 1 is 1.12 bits per heavy atom. The summed E-state index contributed by atoms with van der Waals surface area (Å²) in [5.74, 6) is -2.59. The van der Waals surface area contributed by atoms with Gasteiger partial charge in [0.15, 0.2) is 0 Å². The molecule has 7 nitrogen and oxygen atoms in total. The molecule has 34 heavy (non-hydrogen) atoms. The van der Waals surface area contributed by atoms with Crippen LogP contribution in [0.4, 0.5) is 30.6 Å². The number of halogens is 2. The molecule has 0 saturated carbocycles. The molecule has 1 aliphatic heterocycles. The van der Waals surface area contributed by atoms with E-state index < -0.39 is 28.4 Å². The third-order valence-corrected chi connectivity index (χ3v) is 6.74. The monoisotopic (exact) mass is 493 g/mol. The predicted molar refractivity (Wildman–Crippen MR) is 130 cm³/mol. The van der Waals surface area contributed by atoms with Crippen LogP contribution >= 0.6 is 11.8 Å². The van der Waals surface area contributed by atoms with Crippen LogP contribution in [0.25, 0.3) is 0 Å². The number of carbonyl (C=O) groups excluding carboxylic acids is 1. The third kappa shape index (κ3) is 6.38. The number of nitrogens with one attached hydrogen (secondary N) is 2. The van der Waals surface area contributed by atoms with Gasteiger partial charge in [0.2, 0.25) is 0 Å². The number of thioether (sulfide) groups is 1. The summed E-state index contributed by atoms with van der Waals surface area (Å²) in [6.07, 6.45) is 1.67. The van der Waals surface area contributed by atoms with E-state index in [1.54, 1.807) is 19.9 Å². The molecule has 1 heterocycles. The van der Waals surface area contributed by atoms with Gasteiger partial charge in [0, 0.05) is 36.8 Å². The molecule has 10 heteroatoms. The summed E-state index contributed by atoms with van der Waals surface area (Å²) in [6.45, 7) is 7.20. The first kappa shape index (κ1) is 25.8. The van der Waals surface area contributed by atoms with Gasteiger partial charge in [-0.3, -0.25) is 4.79 Å². The van der Waals surface area contributed by atoms with Gasteiger partial charge in [0.05, 0.1) is 17.1 Å². The Morgan fingerprint density at radius 2 is 1.79 bits per heavy atom. The maximum Gasteiger partial charge on any atom is 0.323 e.